The minimum absolute atomic E-state index is 0.0854. The van der Waals surface area contributed by atoms with Crippen LogP contribution in [0, 0.1) is 0 Å². The van der Waals surface area contributed by atoms with Crippen LogP contribution in [0.4, 0.5) is 4.79 Å². The molecule has 6 heteroatoms. The summed E-state index contributed by atoms with van der Waals surface area (Å²) in [4.78, 5) is 24.3. The molecule has 0 aromatic heterocycles. The van der Waals surface area contributed by atoms with Crippen molar-refractivity contribution >= 4 is 12.0 Å². The summed E-state index contributed by atoms with van der Waals surface area (Å²) in [5.74, 6) is -1.02. The van der Waals surface area contributed by atoms with Gasteiger partial charge in [0, 0.05) is 12.6 Å². The Hall–Kier alpha value is -1.30. The molecule has 0 spiro atoms. The van der Waals surface area contributed by atoms with Gasteiger partial charge in [0.25, 0.3) is 0 Å². The molecule has 0 aliphatic rings. The molecule has 0 bridgehead atoms. The highest BCUT2D eigenvalue weighted by Crippen LogP contribution is 2.04. The molecule has 1 unspecified atom stereocenters. The predicted octanol–water partition coefficient (Wildman–Crippen LogP) is 1.04. The van der Waals surface area contributed by atoms with E-state index in [1.54, 1.807) is 0 Å². The number of carboxylic acid groups (broad SMARTS) is 1. The topological polar surface area (TPSA) is 89.9 Å². The summed E-state index contributed by atoms with van der Waals surface area (Å²) < 4.78 is 0. The fourth-order valence-electron chi connectivity index (χ4n) is 1.60. The van der Waals surface area contributed by atoms with Crippen LogP contribution in [-0.4, -0.2) is 52.3 Å². The maximum absolute atomic E-state index is 11.9. The van der Waals surface area contributed by atoms with E-state index < -0.39 is 18.0 Å². The first kappa shape index (κ1) is 16.7. The molecule has 18 heavy (non-hydrogen) atoms. The summed E-state index contributed by atoms with van der Waals surface area (Å²) in [5, 5.41) is 20.4. The van der Waals surface area contributed by atoms with Gasteiger partial charge in [-0.2, -0.15) is 0 Å². The second-order valence-corrected chi connectivity index (χ2v) is 4.49. The van der Waals surface area contributed by atoms with E-state index in [-0.39, 0.29) is 19.2 Å². The number of carbonyl (C=O) groups excluding carboxylic acids is 1. The van der Waals surface area contributed by atoms with Crippen molar-refractivity contribution in [2.24, 2.45) is 0 Å². The Labute approximate surface area is 108 Å². The van der Waals surface area contributed by atoms with Crippen LogP contribution in [-0.2, 0) is 4.79 Å². The number of rotatable bonds is 8. The van der Waals surface area contributed by atoms with Crippen LogP contribution in [0.15, 0.2) is 0 Å². The second-order valence-electron chi connectivity index (χ2n) is 4.49. The number of hydrogen-bond donors (Lipinski definition) is 3. The maximum atomic E-state index is 11.9. The van der Waals surface area contributed by atoms with Gasteiger partial charge in [0.1, 0.15) is 6.04 Å². The van der Waals surface area contributed by atoms with Crippen LogP contribution in [0.25, 0.3) is 0 Å². The van der Waals surface area contributed by atoms with Crippen molar-refractivity contribution in [3.8, 4) is 0 Å². The van der Waals surface area contributed by atoms with Gasteiger partial charge in [-0.15, -0.1) is 0 Å². The normalized spacial score (nSPS) is 12.3. The Morgan fingerprint density at radius 1 is 1.33 bits per heavy atom. The van der Waals surface area contributed by atoms with Crippen molar-refractivity contribution in [1.29, 1.82) is 0 Å². The number of nitrogens with one attached hydrogen (secondary N) is 1. The van der Waals surface area contributed by atoms with E-state index in [9.17, 15) is 9.59 Å². The number of carbonyl (C=O) groups is 2. The molecule has 0 rings (SSSR count). The van der Waals surface area contributed by atoms with E-state index in [0.29, 0.717) is 6.42 Å². The number of aliphatic hydroxyl groups excluding tert-OH is 1. The van der Waals surface area contributed by atoms with E-state index in [2.05, 4.69) is 5.32 Å². The summed E-state index contributed by atoms with van der Waals surface area (Å²) in [6.45, 7) is 5.66. The Balaban J connectivity index is 4.50. The standard InChI is InChI=1S/C12H24N2O4/c1-4-5-6-10(11(16)17)13-12(18)14(7-8-15)9(2)3/h9-10,15H,4-8H2,1-3H3,(H,13,18)(H,16,17). The lowest BCUT2D eigenvalue weighted by Gasteiger charge is -2.27. The van der Waals surface area contributed by atoms with E-state index >= 15 is 0 Å². The Bertz CT molecular complexity index is 269. The number of carboxylic acids is 1. The van der Waals surface area contributed by atoms with E-state index in [1.165, 1.54) is 4.90 Å². The van der Waals surface area contributed by atoms with Crippen LogP contribution >= 0.6 is 0 Å². The van der Waals surface area contributed by atoms with E-state index in [0.717, 1.165) is 12.8 Å². The lowest BCUT2D eigenvalue weighted by molar-refractivity contribution is -0.139. The lowest BCUT2D eigenvalue weighted by Crippen LogP contribution is -2.50. The Morgan fingerprint density at radius 3 is 2.33 bits per heavy atom. The number of aliphatic hydroxyl groups is 1. The highest BCUT2D eigenvalue weighted by atomic mass is 16.4. The van der Waals surface area contributed by atoms with Gasteiger partial charge < -0.3 is 20.4 Å². The van der Waals surface area contributed by atoms with Gasteiger partial charge in [0.15, 0.2) is 0 Å². The van der Waals surface area contributed by atoms with Gasteiger partial charge >= 0.3 is 12.0 Å². The van der Waals surface area contributed by atoms with Crippen molar-refractivity contribution in [1.82, 2.24) is 10.2 Å². The molecule has 2 amide bonds. The zero-order valence-electron chi connectivity index (χ0n) is 11.3. The second kappa shape index (κ2) is 8.74. The van der Waals surface area contributed by atoms with Crippen molar-refractivity contribution in [3.63, 3.8) is 0 Å². The summed E-state index contributed by atoms with van der Waals surface area (Å²) in [6, 6.07) is -1.39. The molecule has 0 aromatic rings. The number of aliphatic carboxylic acids is 1. The van der Waals surface area contributed by atoms with Crippen LogP contribution in [0.1, 0.15) is 40.0 Å². The Morgan fingerprint density at radius 2 is 1.94 bits per heavy atom. The van der Waals surface area contributed by atoms with E-state index in [1.807, 2.05) is 20.8 Å². The molecular weight excluding hydrogens is 236 g/mol. The van der Waals surface area contributed by atoms with Crippen LogP contribution in [0.5, 0.6) is 0 Å². The molecule has 0 aliphatic heterocycles. The van der Waals surface area contributed by atoms with Crippen molar-refractivity contribution in [2.75, 3.05) is 13.2 Å². The molecule has 1 atom stereocenters. The Kier molecular flexibility index (Phi) is 8.11. The summed E-state index contributed by atoms with van der Waals surface area (Å²) in [5.41, 5.74) is 0. The van der Waals surface area contributed by atoms with Crippen molar-refractivity contribution < 1.29 is 19.8 Å². The molecule has 0 aromatic carbocycles. The third-order valence-electron chi connectivity index (χ3n) is 2.67. The summed E-state index contributed by atoms with van der Waals surface area (Å²) in [6.07, 6.45) is 2.05. The van der Waals surface area contributed by atoms with Crippen molar-refractivity contribution in [3.05, 3.63) is 0 Å². The minimum atomic E-state index is -1.02. The molecule has 0 radical (unpaired) electrons. The van der Waals surface area contributed by atoms with Crippen LogP contribution < -0.4 is 5.32 Å². The average Bonchev–Trinajstić information content (AvgIpc) is 2.30. The number of unbranched alkanes of at least 4 members (excludes halogenated alkanes) is 1. The summed E-state index contributed by atoms with van der Waals surface area (Å²) >= 11 is 0. The lowest BCUT2D eigenvalue weighted by atomic mass is 10.1. The molecule has 0 fully saturated rings. The van der Waals surface area contributed by atoms with Gasteiger partial charge in [-0.1, -0.05) is 19.8 Å². The summed E-state index contributed by atoms with van der Waals surface area (Å²) in [7, 11) is 0. The first-order valence-corrected chi connectivity index (χ1v) is 6.34. The monoisotopic (exact) mass is 260 g/mol. The zero-order chi connectivity index (χ0) is 14.1. The molecular formula is C12H24N2O4. The average molecular weight is 260 g/mol. The molecule has 0 heterocycles. The molecule has 106 valence electrons. The van der Waals surface area contributed by atoms with Gasteiger partial charge in [-0.3, -0.25) is 0 Å². The van der Waals surface area contributed by atoms with Gasteiger partial charge in [-0.05, 0) is 20.3 Å². The van der Waals surface area contributed by atoms with Gasteiger partial charge in [0.05, 0.1) is 6.61 Å². The maximum Gasteiger partial charge on any atom is 0.326 e. The van der Waals surface area contributed by atoms with Gasteiger partial charge in [0.2, 0.25) is 0 Å². The van der Waals surface area contributed by atoms with Crippen LogP contribution in [0.3, 0.4) is 0 Å². The van der Waals surface area contributed by atoms with Crippen molar-refractivity contribution in [2.45, 2.75) is 52.1 Å². The van der Waals surface area contributed by atoms with Crippen LogP contribution in [0.2, 0.25) is 0 Å². The zero-order valence-corrected chi connectivity index (χ0v) is 11.3. The number of amides is 2. The smallest absolute Gasteiger partial charge is 0.326 e. The largest absolute Gasteiger partial charge is 0.480 e. The quantitative estimate of drug-likeness (QED) is 0.608. The highest BCUT2D eigenvalue weighted by molar-refractivity contribution is 5.82. The molecule has 0 aliphatic carbocycles. The first-order valence-electron chi connectivity index (χ1n) is 6.34. The highest BCUT2D eigenvalue weighted by Gasteiger charge is 2.23. The molecule has 0 saturated carbocycles. The fourth-order valence-corrected chi connectivity index (χ4v) is 1.60. The third kappa shape index (κ3) is 5.86. The van der Waals surface area contributed by atoms with E-state index in [4.69, 9.17) is 10.2 Å². The fraction of sp³-hybridized carbons (Fsp3) is 0.833. The first-order chi connectivity index (χ1) is 8.43. The minimum Gasteiger partial charge on any atom is -0.480 e. The number of hydrogen-bond acceptors (Lipinski definition) is 3. The molecule has 6 nitrogen and oxygen atoms in total. The number of urea groups is 1. The predicted molar refractivity (Wildman–Crippen MR) is 68.4 cm³/mol. The SMILES string of the molecule is CCCCC(NC(=O)N(CCO)C(C)C)C(=O)O. The third-order valence-corrected chi connectivity index (χ3v) is 2.67. The molecule has 0 saturated heterocycles. The number of nitrogens with zero attached hydrogens (tertiary/aromatic N) is 1. The van der Waals surface area contributed by atoms with Gasteiger partial charge in [-0.25, -0.2) is 9.59 Å². The molecule has 3 N–H and O–H groups in total.